The van der Waals surface area contributed by atoms with Crippen molar-refractivity contribution in [2.24, 2.45) is 0 Å². The van der Waals surface area contributed by atoms with Gasteiger partial charge < -0.3 is 4.90 Å². The van der Waals surface area contributed by atoms with E-state index in [1.807, 2.05) is 24.0 Å². The van der Waals surface area contributed by atoms with Gasteiger partial charge in [-0.1, -0.05) is 24.3 Å². The fraction of sp³-hybridized carbons (Fsp3) is 0.300. The van der Waals surface area contributed by atoms with Gasteiger partial charge in [-0.3, -0.25) is 19.3 Å². The van der Waals surface area contributed by atoms with Crippen molar-refractivity contribution in [2.75, 3.05) is 4.90 Å². The van der Waals surface area contributed by atoms with Crippen molar-refractivity contribution < 1.29 is 4.92 Å². The topological polar surface area (TPSA) is 80.8 Å². The molecule has 4 rings (SSSR count). The molecule has 0 saturated heterocycles. The van der Waals surface area contributed by atoms with E-state index in [1.165, 1.54) is 21.7 Å². The average molecular weight is 364 g/mol. The van der Waals surface area contributed by atoms with Crippen LogP contribution < -0.4 is 10.5 Å². The maximum atomic E-state index is 12.7. The van der Waals surface area contributed by atoms with Crippen LogP contribution in [0.2, 0.25) is 0 Å². The number of anilines is 1. The van der Waals surface area contributed by atoms with Crippen molar-refractivity contribution in [1.29, 1.82) is 0 Å². The number of rotatable bonds is 5. The summed E-state index contributed by atoms with van der Waals surface area (Å²) in [5, 5.41) is 11.7. The molecular formula is C20H20N4O3. The van der Waals surface area contributed by atoms with Crippen molar-refractivity contribution in [2.45, 2.75) is 39.3 Å². The second kappa shape index (κ2) is 6.50. The predicted molar refractivity (Wildman–Crippen MR) is 103 cm³/mol. The Kier molecular flexibility index (Phi) is 4.14. The maximum Gasteiger partial charge on any atom is 0.376 e. The van der Waals surface area contributed by atoms with Crippen LogP contribution in [0.15, 0.2) is 47.4 Å². The van der Waals surface area contributed by atoms with Crippen molar-refractivity contribution in [1.82, 2.24) is 9.38 Å². The second-order valence-corrected chi connectivity index (χ2v) is 7.05. The van der Waals surface area contributed by atoms with Crippen LogP contribution in [0.3, 0.4) is 0 Å². The lowest BCUT2D eigenvalue weighted by atomic mass is 10.1. The zero-order valence-corrected chi connectivity index (χ0v) is 15.3. The van der Waals surface area contributed by atoms with E-state index in [-0.39, 0.29) is 11.9 Å². The summed E-state index contributed by atoms with van der Waals surface area (Å²) in [5.41, 5.74) is 2.72. The molecule has 2 heterocycles. The van der Waals surface area contributed by atoms with Gasteiger partial charge in [-0.15, -0.1) is 0 Å². The van der Waals surface area contributed by atoms with Gasteiger partial charge in [-0.2, -0.15) is 0 Å². The van der Waals surface area contributed by atoms with E-state index in [9.17, 15) is 14.9 Å². The smallest absolute Gasteiger partial charge is 0.343 e. The Morgan fingerprint density at radius 2 is 2.00 bits per heavy atom. The Bertz CT molecular complexity index is 1100. The Hall–Kier alpha value is -3.22. The molecule has 2 aromatic heterocycles. The van der Waals surface area contributed by atoms with Crippen molar-refractivity contribution in [3.63, 3.8) is 0 Å². The number of pyridine rings is 1. The minimum absolute atomic E-state index is 0.164. The number of benzene rings is 1. The number of nitro groups is 1. The van der Waals surface area contributed by atoms with Crippen LogP contribution in [-0.4, -0.2) is 20.3 Å². The standard InChI is InChI=1S/C20H20N4O3/c1-13-6-7-15(11-14(13)2)12-23(16-8-9-16)19-18(24(26)27)20(25)22-10-4-3-5-17(22)21-19/h3-7,10-11,16H,8-9,12H2,1-2H3. The molecule has 0 unspecified atom stereocenters. The summed E-state index contributed by atoms with van der Waals surface area (Å²) in [6.45, 7) is 4.58. The molecular weight excluding hydrogens is 344 g/mol. The van der Waals surface area contributed by atoms with Gasteiger partial charge in [-0.05, 0) is 55.5 Å². The molecule has 0 amide bonds. The highest BCUT2D eigenvalue weighted by Gasteiger charge is 2.36. The van der Waals surface area contributed by atoms with Gasteiger partial charge in [0.25, 0.3) is 0 Å². The molecule has 27 heavy (non-hydrogen) atoms. The Morgan fingerprint density at radius 1 is 1.22 bits per heavy atom. The van der Waals surface area contributed by atoms with Gasteiger partial charge >= 0.3 is 11.2 Å². The molecule has 0 atom stereocenters. The van der Waals surface area contributed by atoms with Gasteiger partial charge in [0.2, 0.25) is 5.82 Å². The molecule has 7 heteroatoms. The van der Waals surface area contributed by atoms with Crippen LogP contribution >= 0.6 is 0 Å². The van der Waals surface area contributed by atoms with Gasteiger partial charge in [0, 0.05) is 18.8 Å². The molecule has 0 bridgehead atoms. The van der Waals surface area contributed by atoms with Gasteiger partial charge in [0.15, 0.2) is 0 Å². The number of nitrogens with zero attached hydrogens (tertiary/aromatic N) is 4. The minimum Gasteiger partial charge on any atom is -0.343 e. The van der Waals surface area contributed by atoms with Gasteiger partial charge in [0.1, 0.15) is 5.65 Å². The summed E-state index contributed by atoms with van der Waals surface area (Å²) in [6, 6.07) is 11.4. The first-order valence-corrected chi connectivity index (χ1v) is 8.94. The van der Waals surface area contributed by atoms with Crippen molar-refractivity contribution in [3.8, 4) is 0 Å². The van der Waals surface area contributed by atoms with E-state index in [0.717, 1.165) is 18.4 Å². The monoisotopic (exact) mass is 364 g/mol. The fourth-order valence-electron chi connectivity index (χ4n) is 3.29. The zero-order chi connectivity index (χ0) is 19.1. The number of hydrogen-bond donors (Lipinski definition) is 0. The van der Waals surface area contributed by atoms with Gasteiger partial charge in [-0.25, -0.2) is 4.98 Å². The second-order valence-electron chi connectivity index (χ2n) is 7.05. The Balaban J connectivity index is 1.86. The predicted octanol–water partition coefficient (Wildman–Crippen LogP) is 3.39. The largest absolute Gasteiger partial charge is 0.376 e. The first-order valence-electron chi connectivity index (χ1n) is 8.94. The first-order chi connectivity index (χ1) is 13.0. The molecule has 1 aromatic carbocycles. The molecule has 0 aliphatic heterocycles. The van der Waals surface area contributed by atoms with E-state index in [2.05, 4.69) is 18.0 Å². The number of aromatic nitrogens is 2. The van der Waals surface area contributed by atoms with Crippen LogP contribution in [0.1, 0.15) is 29.5 Å². The van der Waals surface area contributed by atoms with E-state index >= 15 is 0 Å². The summed E-state index contributed by atoms with van der Waals surface area (Å²) >= 11 is 0. The third kappa shape index (κ3) is 3.16. The maximum absolute atomic E-state index is 12.7. The van der Waals surface area contributed by atoms with E-state index < -0.39 is 16.2 Å². The molecule has 7 nitrogen and oxygen atoms in total. The lowest BCUT2D eigenvalue weighted by Crippen LogP contribution is -2.30. The Labute approximate surface area is 156 Å². The summed E-state index contributed by atoms with van der Waals surface area (Å²) in [4.78, 5) is 30.3. The summed E-state index contributed by atoms with van der Waals surface area (Å²) in [7, 11) is 0. The number of fused-ring (bicyclic) bond motifs is 1. The highest BCUT2D eigenvalue weighted by molar-refractivity contribution is 5.62. The minimum atomic E-state index is -0.647. The summed E-state index contributed by atoms with van der Waals surface area (Å²) in [6.07, 6.45) is 3.39. The van der Waals surface area contributed by atoms with Crippen LogP contribution in [-0.2, 0) is 6.54 Å². The third-order valence-electron chi connectivity index (χ3n) is 5.06. The van der Waals surface area contributed by atoms with E-state index in [1.54, 1.807) is 18.2 Å². The molecule has 1 aliphatic carbocycles. The molecule has 1 aliphatic rings. The van der Waals surface area contributed by atoms with E-state index in [0.29, 0.717) is 12.2 Å². The molecule has 1 saturated carbocycles. The normalized spacial score (nSPS) is 13.7. The first kappa shape index (κ1) is 17.2. The van der Waals surface area contributed by atoms with Crippen LogP contribution in [0.25, 0.3) is 5.65 Å². The summed E-state index contributed by atoms with van der Waals surface area (Å²) in [5.74, 6) is 0.164. The van der Waals surface area contributed by atoms with Crippen LogP contribution in [0.5, 0.6) is 0 Å². The molecule has 1 fully saturated rings. The van der Waals surface area contributed by atoms with Crippen molar-refractivity contribution >= 4 is 17.2 Å². The molecule has 0 radical (unpaired) electrons. The van der Waals surface area contributed by atoms with Crippen molar-refractivity contribution in [3.05, 3.63) is 79.8 Å². The molecule has 138 valence electrons. The molecule has 0 N–H and O–H groups in total. The molecule has 0 spiro atoms. The van der Waals surface area contributed by atoms with Gasteiger partial charge in [0.05, 0.1) is 4.92 Å². The highest BCUT2D eigenvalue weighted by Crippen LogP contribution is 2.35. The SMILES string of the molecule is Cc1ccc(CN(c2nc3ccccn3c(=O)c2[N+](=O)[O-])C2CC2)cc1C. The lowest BCUT2D eigenvalue weighted by molar-refractivity contribution is -0.385. The summed E-state index contributed by atoms with van der Waals surface area (Å²) < 4.78 is 1.22. The van der Waals surface area contributed by atoms with Crippen LogP contribution in [0, 0.1) is 24.0 Å². The third-order valence-corrected chi connectivity index (χ3v) is 5.06. The quantitative estimate of drug-likeness (QED) is 0.512. The Morgan fingerprint density at radius 3 is 2.67 bits per heavy atom. The zero-order valence-electron chi connectivity index (χ0n) is 15.3. The molecule has 3 aromatic rings. The lowest BCUT2D eigenvalue weighted by Gasteiger charge is -2.24. The van der Waals surface area contributed by atoms with Crippen LogP contribution in [0.4, 0.5) is 11.5 Å². The number of aryl methyl sites for hydroxylation is 2. The average Bonchev–Trinajstić information content (AvgIpc) is 3.47. The fourth-order valence-corrected chi connectivity index (χ4v) is 3.29. The van der Waals surface area contributed by atoms with E-state index in [4.69, 9.17) is 0 Å². The number of hydrogen-bond acceptors (Lipinski definition) is 5. The highest BCUT2D eigenvalue weighted by atomic mass is 16.6.